The van der Waals surface area contributed by atoms with E-state index >= 15 is 0 Å². The lowest BCUT2D eigenvalue weighted by molar-refractivity contribution is -0.120. The minimum atomic E-state index is -0.633. The number of anilines is 2. The lowest BCUT2D eigenvalue weighted by atomic mass is 10.0. The van der Waals surface area contributed by atoms with Gasteiger partial charge in [0.2, 0.25) is 0 Å². The second kappa shape index (κ2) is 8.24. The number of nitrogens with one attached hydrogen (secondary N) is 1. The fourth-order valence-electron chi connectivity index (χ4n) is 3.38. The normalized spacial score (nSPS) is 13.7. The van der Waals surface area contributed by atoms with E-state index < -0.39 is 17.6 Å². The summed E-state index contributed by atoms with van der Waals surface area (Å²) >= 11 is 5.89. The molecule has 0 aliphatic carbocycles. The van der Waals surface area contributed by atoms with Gasteiger partial charge >= 0.3 is 0 Å². The van der Waals surface area contributed by atoms with Crippen LogP contribution in [0.4, 0.5) is 15.8 Å². The number of methoxy groups -OCH3 is 1. The fraction of sp³-hybridized carbons (Fsp3) is 0.0833. The summed E-state index contributed by atoms with van der Waals surface area (Å²) in [5.41, 5.74) is 2.68. The van der Waals surface area contributed by atoms with Crippen molar-refractivity contribution in [2.24, 2.45) is 0 Å². The molecule has 2 amide bonds. The van der Waals surface area contributed by atoms with Crippen LogP contribution >= 0.6 is 11.6 Å². The van der Waals surface area contributed by atoms with E-state index in [1.165, 1.54) is 12.1 Å². The average molecular weight is 437 g/mol. The Morgan fingerprint density at radius 3 is 2.32 bits per heavy atom. The number of hydrogen-bond acceptors (Lipinski definition) is 4. The molecule has 1 aliphatic heterocycles. The number of amides is 2. The third-order valence-electron chi connectivity index (χ3n) is 5.03. The van der Waals surface area contributed by atoms with Crippen LogP contribution in [0, 0.1) is 12.7 Å². The van der Waals surface area contributed by atoms with E-state index in [0.29, 0.717) is 17.0 Å². The Balaban J connectivity index is 1.83. The summed E-state index contributed by atoms with van der Waals surface area (Å²) in [6.45, 7) is 1.90. The molecule has 156 valence electrons. The molecule has 3 aromatic rings. The van der Waals surface area contributed by atoms with Gasteiger partial charge in [-0.3, -0.25) is 9.59 Å². The Labute approximate surface area is 183 Å². The van der Waals surface area contributed by atoms with E-state index in [1.54, 1.807) is 31.4 Å². The van der Waals surface area contributed by atoms with E-state index in [1.807, 2.05) is 31.2 Å². The molecule has 0 bridgehead atoms. The number of imide groups is 1. The lowest BCUT2D eigenvalue weighted by Gasteiger charge is -2.16. The summed E-state index contributed by atoms with van der Waals surface area (Å²) in [5, 5.41) is 2.95. The van der Waals surface area contributed by atoms with E-state index in [9.17, 15) is 14.0 Å². The van der Waals surface area contributed by atoms with Crippen molar-refractivity contribution in [1.82, 2.24) is 0 Å². The summed E-state index contributed by atoms with van der Waals surface area (Å²) < 4.78 is 18.8. The van der Waals surface area contributed by atoms with Crippen molar-refractivity contribution >= 4 is 40.4 Å². The molecule has 0 saturated heterocycles. The number of para-hydroxylation sites is 1. The van der Waals surface area contributed by atoms with Crippen LogP contribution in [0.25, 0.3) is 5.57 Å². The predicted molar refractivity (Wildman–Crippen MR) is 119 cm³/mol. The Morgan fingerprint density at radius 2 is 1.68 bits per heavy atom. The largest absolute Gasteiger partial charge is 0.497 e. The molecule has 1 heterocycles. The molecule has 4 rings (SSSR count). The molecule has 0 fully saturated rings. The van der Waals surface area contributed by atoms with Crippen molar-refractivity contribution < 1.29 is 18.7 Å². The minimum absolute atomic E-state index is 0.130. The summed E-state index contributed by atoms with van der Waals surface area (Å²) in [5.74, 6) is -1.10. The zero-order valence-electron chi connectivity index (χ0n) is 16.8. The van der Waals surface area contributed by atoms with Crippen LogP contribution < -0.4 is 15.0 Å². The van der Waals surface area contributed by atoms with Crippen LogP contribution in [-0.2, 0) is 9.59 Å². The molecule has 31 heavy (non-hydrogen) atoms. The third kappa shape index (κ3) is 3.78. The smallest absolute Gasteiger partial charge is 0.282 e. The molecule has 0 unspecified atom stereocenters. The second-order valence-electron chi connectivity index (χ2n) is 6.96. The maximum absolute atomic E-state index is 13.6. The van der Waals surface area contributed by atoms with Crippen molar-refractivity contribution in [2.75, 3.05) is 17.3 Å². The highest BCUT2D eigenvalue weighted by molar-refractivity contribution is 6.46. The summed E-state index contributed by atoms with van der Waals surface area (Å²) in [6, 6.07) is 18.0. The summed E-state index contributed by atoms with van der Waals surface area (Å²) in [6.07, 6.45) is 0. The van der Waals surface area contributed by atoms with Crippen LogP contribution in [0.5, 0.6) is 5.75 Å². The standard InChI is InChI=1S/C24H18ClFN2O3/c1-14-5-3-4-6-20(14)27-22-21(15-7-10-17(31-2)11-8-15)23(29)28(24(22)30)16-9-12-19(26)18(25)13-16/h3-13,27H,1-2H3. The Bertz CT molecular complexity index is 1220. The number of hydrogen-bond donors (Lipinski definition) is 1. The van der Waals surface area contributed by atoms with Gasteiger partial charge in [0.05, 0.1) is 23.4 Å². The first-order chi connectivity index (χ1) is 14.9. The van der Waals surface area contributed by atoms with E-state index in [0.717, 1.165) is 16.5 Å². The molecule has 5 nitrogen and oxygen atoms in total. The quantitative estimate of drug-likeness (QED) is 0.559. The molecular weight excluding hydrogens is 419 g/mol. The van der Waals surface area contributed by atoms with Gasteiger partial charge in [-0.25, -0.2) is 9.29 Å². The van der Waals surface area contributed by atoms with Gasteiger partial charge in [-0.1, -0.05) is 41.9 Å². The van der Waals surface area contributed by atoms with Gasteiger partial charge in [0.15, 0.2) is 0 Å². The van der Waals surface area contributed by atoms with Crippen molar-refractivity contribution in [3.05, 3.63) is 94.4 Å². The number of carbonyl (C=O) groups excluding carboxylic acids is 2. The average Bonchev–Trinajstić information content (AvgIpc) is 3.01. The molecule has 0 spiro atoms. The number of ether oxygens (including phenoxy) is 1. The number of benzene rings is 3. The lowest BCUT2D eigenvalue weighted by Crippen LogP contribution is -2.32. The zero-order chi connectivity index (χ0) is 22.1. The zero-order valence-corrected chi connectivity index (χ0v) is 17.5. The number of nitrogens with zero attached hydrogens (tertiary/aromatic N) is 1. The number of halogens is 2. The van der Waals surface area contributed by atoms with Crippen LogP contribution in [0.3, 0.4) is 0 Å². The number of carbonyl (C=O) groups is 2. The van der Waals surface area contributed by atoms with Crippen molar-refractivity contribution in [3.63, 3.8) is 0 Å². The first-order valence-corrected chi connectivity index (χ1v) is 9.83. The van der Waals surface area contributed by atoms with Gasteiger partial charge in [-0.15, -0.1) is 0 Å². The molecule has 0 atom stereocenters. The van der Waals surface area contributed by atoms with Gasteiger partial charge in [0, 0.05) is 5.69 Å². The number of rotatable bonds is 5. The monoisotopic (exact) mass is 436 g/mol. The van der Waals surface area contributed by atoms with Crippen LogP contribution in [0.1, 0.15) is 11.1 Å². The van der Waals surface area contributed by atoms with Crippen molar-refractivity contribution in [3.8, 4) is 5.75 Å². The first kappa shape index (κ1) is 20.6. The maximum atomic E-state index is 13.6. The SMILES string of the molecule is COc1ccc(C2=C(Nc3ccccc3C)C(=O)N(c3ccc(F)c(Cl)c3)C2=O)cc1. The molecule has 3 aromatic carbocycles. The minimum Gasteiger partial charge on any atom is -0.497 e. The Kier molecular flexibility index (Phi) is 5.48. The molecule has 7 heteroatoms. The van der Waals surface area contributed by atoms with Gasteiger partial charge in [0.25, 0.3) is 11.8 Å². The van der Waals surface area contributed by atoms with Gasteiger partial charge < -0.3 is 10.1 Å². The molecule has 0 aromatic heterocycles. The van der Waals surface area contributed by atoms with E-state index in [2.05, 4.69) is 5.32 Å². The second-order valence-corrected chi connectivity index (χ2v) is 7.37. The molecule has 1 aliphatic rings. The molecule has 0 radical (unpaired) electrons. The Hall–Kier alpha value is -3.64. The Morgan fingerprint density at radius 1 is 0.968 bits per heavy atom. The molecule has 1 N–H and O–H groups in total. The number of aryl methyl sites for hydroxylation is 1. The fourth-order valence-corrected chi connectivity index (χ4v) is 3.55. The highest BCUT2D eigenvalue weighted by atomic mass is 35.5. The highest BCUT2D eigenvalue weighted by Gasteiger charge is 2.40. The molecular formula is C24H18ClFN2O3. The van der Waals surface area contributed by atoms with Crippen LogP contribution in [0.15, 0.2) is 72.4 Å². The summed E-state index contributed by atoms with van der Waals surface area (Å²) in [4.78, 5) is 27.7. The first-order valence-electron chi connectivity index (χ1n) is 9.46. The predicted octanol–water partition coefficient (Wildman–Crippen LogP) is 5.19. The van der Waals surface area contributed by atoms with E-state index in [-0.39, 0.29) is 22.0 Å². The van der Waals surface area contributed by atoms with Crippen LogP contribution in [0.2, 0.25) is 5.02 Å². The van der Waals surface area contributed by atoms with Gasteiger partial charge in [-0.2, -0.15) is 0 Å². The maximum Gasteiger partial charge on any atom is 0.282 e. The topological polar surface area (TPSA) is 58.6 Å². The van der Waals surface area contributed by atoms with Gasteiger partial charge in [0.1, 0.15) is 17.3 Å². The van der Waals surface area contributed by atoms with Crippen LogP contribution in [-0.4, -0.2) is 18.9 Å². The highest BCUT2D eigenvalue weighted by Crippen LogP contribution is 2.35. The van der Waals surface area contributed by atoms with Gasteiger partial charge in [-0.05, 0) is 54.4 Å². The molecule has 0 saturated carbocycles. The third-order valence-corrected chi connectivity index (χ3v) is 5.32. The summed E-state index contributed by atoms with van der Waals surface area (Å²) in [7, 11) is 1.55. The van der Waals surface area contributed by atoms with E-state index in [4.69, 9.17) is 16.3 Å². The van der Waals surface area contributed by atoms with Crippen molar-refractivity contribution in [1.29, 1.82) is 0 Å². The van der Waals surface area contributed by atoms with Crippen molar-refractivity contribution in [2.45, 2.75) is 6.92 Å².